The molecule has 0 aliphatic rings. The third kappa shape index (κ3) is 4.08. The summed E-state index contributed by atoms with van der Waals surface area (Å²) in [6, 6.07) is 3.91. The highest BCUT2D eigenvalue weighted by Crippen LogP contribution is 2.21. The van der Waals surface area contributed by atoms with Crippen molar-refractivity contribution in [2.75, 3.05) is 0 Å². The van der Waals surface area contributed by atoms with Crippen LogP contribution in [-0.2, 0) is 14.8 Å². The van der Waals surface area contributed by atoms with E-state index in [1.54, 1.807) is 26.0 Å². The number of hydrogen-bond acceptors (Lipinski definition) is 6. The molecule has 2 atom stereocenters. The molecule has 24 heavy (non-hydrogen) atoms. The highest BCUT2D eigenvalue weighted by molar-refractivity contribution is 7.89. The van der Waals surface area contributed by atoms with Gasteiger partial charge in [0.25, 0.3) is 0 Å². The lowest BCUT2D eigenvalue weighted by molar-refractivity contribution is -0.124. The van der Waals surface area contributed by atoms with Crippen molar-refractivity contribution < 1.29 is 13.2 Å². The molecule has 2 rings (SSSR count). The molecule has 0 aliphatic heterocycles. The Hall–Kier alpha value is -1.58. The number of nitrogens with one attached hydrogen (secondary N) is 2. The molecule has 0 radical (unpaired) electrons. The van der Waals surface area contributed by atoms with Crippen LogP contribution in [0.25, 0.3) is 11.0 Å². The number of sulfonamides is 1. The molecule has 2 N–H and O–H groups in total. The first-order chi connectivity index (χ1) is 11.3. The number of amides is 1. The van der Waals surface area contributed by atoms with Gasteiger partial charge in [0, 0.05) is 6.04 Å². The zero-order chi connectivity index (χ0) is 17.9. The molecule has 0 aliphatic carbocycles. The molecule has 0 fully saturated rings. The molecule has 7 nitrogen and oxygen atoms in total. The molecule has 0 saturated carbocycles. The van der Waals surface area contributed by atoms with Gasteiger partial charge < -0.3 is 5.32 Å². The average molecular weight is 371 g/mol. The molecule has 1 aromatic heterocycles. The van der Waals surface area contributed by atoms with Crippen LogP contribution in [0.5, 0.6) is 0 Å². The van der Waals surface area contributed by atoms with Crippen LogP contribution in [0.4, 0.5) is 0 Å². The van der Waals surface area contributed by atoms with Crippen molar-refractivity contribution in [3.05, 3.63) is 18.2 Å². The molecule has 1 aromatic carbocycles. The lowest BCUT2D eigenvalue weighted by Gasteiger charge is -2.23. The Balaban J connectivity index is 2.31. The van der Waals surface area contributed by atoms with Crippen LogP contribution in [0.1, 0.15) is 34.1 Å². The van der Waals surface area contributed by atoms with Crippen LogP contribution in [0.15, 0.2) is 23.1 Å². The average Bonchev–Trinajstić information content (AvgIpc) is 3.00. The van der Waals surface area contributed by atoms with Gasteiger partial charge in [-0.05, 0) is 31.4 Å². The molecule has 2 unspecified atom stereocenters. The maximum Gasteiger partial charge on any atom is 0.243 e. The molecule has 0 spiro atoms. The Kier molecular flexibility index (Phi) is 5.89. The minimum atomic E-state index is -3.90. The Bertz CT molecular complexity index is 817. The van der Waals surface area contributed by atoms with E-state index in [0.29, 0.717) is 11.0 Å². The van der Waals surface area contributed by atoms with Gasteiger partial charge in [0.2, 0.25) is 15.9 Å². The van der Waals surface area contributed by atoms with E-state index >= 15 is 0 Å². The molecule has 132 valence electrons. The second-order valence-corrected chi connectivity index (χ2v) is 8.26. The first-order valence-corrected chi connectivity index (χ1v) is 10.0. The van der Waals surface area contributed by atoms with Crippen molar-refractivity contribution in [2.45, 2.75) is 51.1 Å². The zero-order valence-corrected chi connectivity index (χ0v) is 15.7. The summed E-state index contributed by atoms with van der Waals surface area (Å²) in [5.74, 6) is -0.525. The predicted molar refractivity (Wildman–Crippen MR) is 94.3 cm³/mol. The second kappa shape index (κ2) is 7.54. The van der Waals surface area contributed by atoms with Gasteiger partial charge in [-0.25, -0.2) is 8.42 Å². The molecule has 1 heterocycles. The van der Waals surface area contributed by atoms with Gasteiger partial charge in [-0.2, -0.15) is 13.5 Å². The van der Waals surface area contributed by atoms with Gasteiger partial charge in [-0.3, -0.25) is 4.79 Å². The van der Waals surface area contributed by atoms with Crippen molar-refractivity contribution in [3.8, 4) is 0 Å². The largest absolute Gasteiger partial charge is 0.352 e. The molecule has 0 saturated heterocycles. The second-order valence-electron chi connectivity index (χ2n) is 6.05. The fourth-order valence-electron chi connectivity index (χ4n) is 2.16. The van der Waals surface area contributed by atoms with Crippen LogP contribution in [-0.4, -0.2) is 35.2 Å². The van der Waals surface area contributed by atoms with Crippen LogP contribution in [0, 0.1) is 5.92 Å². The van der Waals surface area contributed by atoms with E-state index in [2.05, 4.69) is 18.8 Å². The first-order valence-electron chi connectivity index (χ1n) is 7.80. The number of nitrogens with zero attached hydrogens (tertiary/aromatic N) is 2. The number of carbonyl (C=O) groups is 1. The van der Waals surface area contributed by atoms with Crippen LogP contribution >= 0.6 is 11.7 Å². The number of benzene rings is 1. The monoisotopic (exact) mass is 370 g/mol. The van der Waals surface area contributed by atoms with Crippen LogP contribution in [0.3, 0.4) is 0 Å². The molecular weight excluding hydrogens is 348 g/mol. The summed E-state index contributed by atoms with van der Waals surface area (Å²) in [6.07, 6.45) is 0.771. The Morgan fingerprint density at radius 2 is 1.96 bits per heavy atom. The fraction of sp³-hybridized carbons (Fsp3) is 0.533. The van der Waals surface area contributed by atoms with Crippen LogP contribution < -0.4 is 10.0 Å². The number of carbonyl (C=O) groups excluding carboxylic acids is 1. The highest BCUT2D eigenvalue weighted by Gasteiger charge is 2.30. The number of fused-ring (bicyclic) bond motifs is 1. The predicted octanol–water partition coefficient (Wildman–Crippen LogP) is 1.91. The SMILES string of the molecule is CCC(C)NC(=O)C(NS(=O)(=O)c1cccc2nsnc12)C(C)C. The van der Waals surface area contributed by atoms with Gasteiger partial charge in [0.05, 0.1) is 11.7 Å². The quantitative estimate of drug-likeness (QED) is 0.775. The molecule has 9 heteroatoms. The van der Waals surface area contributed by atoms with Gasteiger partial charge in [0.1, 0.15) is 22.0 Å². The third-order valence-electron chi connectivity index (χ3n) is 3.77. The van der Waals surface area contributed by atoms with Gasteiger partial charge in [-0.15, -0.1) is 0 Å². The van der Waals surface area contributed by atoms with E-state index in [-0.39, 0.29) is 22.8 Å². The van der Waals surface area contributed by atoms with E-state index in [0.717, 1.165) is 18.1 Å². The lowest BCUT2D eigenvalue weighted by Crippen LogP contribution is -2.51. The smallest absolute Gasteiger partial charge is 0.243 e. The lowest BCUT2D eigenvalue weighted by atomic mass is 10.0. The summed E-state index contributed by atoms with van der Waals surface area (Å²) < 4.78 is 36.2. The van der Waals surface area contributed by atoms with Crippen molar-refractivity contribution >= 4 is 38.7 Å². The topological polar surface area (TPSA) is 101 Å². The minimum absolute atomic E-state index is 0.0190. The Labute approximate surface area is 146 Å². The maximum absolute atomic E-state index is 12.8. The summed E-state index contributed by atoms with van der Waals surface area (Å²) in [5, 5.41) is 2.83. The van der Waals surface area contributed by atoms with Crippen molar-refractivity contribution in [1.82, 2.24) is 18.8 Å². The first kappa shape index (κ1) is 18.8. The van der Waals surface area contributed by atoms with Gasteiger partial charge in [0.15, 0.2) is 0 Å². The third-order valence-corrected chi connectivity index (χ3v) is 5.79. The van der Waals surface area contributed by atoms with Crippen LogP contribution in [0.2, 0.25) is 0 Å². The summed E-state index contributed by atoms with van der Waals surface area (Å²) in [7, 11) is -3.90. The number of hydrogen-bond donors (Lipinski definition) is 2. The Morgan fingerprint density at radius 1 is 1.25 bits per heavy atom. The Morgan fingerprint density at radius 3 is 2.58 bits per heavy atom. The summed E-state index contributed by atoms with van der Waals surface area (Å²) in [4.78, 5) is 12.5. The summed E-state index contributed by atoms with van der Waals surface area (Å²) >= 11 is 0.955. The van der Waals surface area contributed by atoms with E-state index in [1.807, 2.05) is 13.8 Å². The maximum atomic E-state index is 12.8. The van der Waals surface area contributed by atoms with Gasteiger partial charge in [-0.1, -0.05) is 26.8 Å². The zero-order valence-electron chi connectivity index (χ0n) is 14.1. The summed E-state index contributed by atoms with van der Waals surface area (Å²) in [5.41, 5.74) is 0.841. The van der Waals surface area contributed by atoms with E-state index < -0.39 is 16.1 Å². The van der Waals surface area contributed by atoms with E-state index in [4.69, 9.17) is 0 Å². The van der Waals surface area contributed by atoms with Gasteiger partial charge >= 0.3 is 0 Å². The van der Waals surface area contributed by atoms with E-state index in [9.17, 15) is 13.2 Å². The molecular formula is C15H22N4O3S2. The van der Waals surface area contributed by atoms with Crippen molar-refractivity contribution in [1.29, 1.82) is 0 Å². The van der Waals surface area contributed by atoms with E-state index in [1.165, 1.54) is 6.07 Å². The normalized spacial score (nSPS) is 14.7. The summed E-state index contributed by atoms with van der Waals surface area (Å²) in [6.45, 7) is 7.43. The molecule has 0 bridgehead atoms. The minimum Gasteiger partial charge on any atom is -0.352 e. The standard InChI is InChI=1S/C15H22N4O3S2/c1-5-10(4)16-15(20)13(9(2)3)19-24(21,22)12-8-6-7-11-14(12)18-23-17-11/h6-10,13,19H,5H2,1-4H3,(H,16,20). The molecule has 2 aromatic rings. The number of aromatic nitrogens is 2. The highest BCUT2D eigenvalue weighted by atomic mass is 32.2. The van der Waals surface area contributed by atoms with Crippen molar-refractivity contribution in [3.63, 3.8) is 0 Å². The number of rotatable bonds is 7. The fourth-order valence-corrected chi connectivity index (χ4v) is 4.27. The van der Waals surface area contributed by atoms with Crippen molar-refractivity contribution in [2.24, 2.45) is 5.92 Å². The molecule has 1 amide bonds.